The van der Waals surface area contributed by atoms with Crippen LogP contribution in [0.3, 0.4) is 0 Å². The van der Waals surface area contributed by atoms with Crippen molar-refractivity contribution in [3.63, 3.8) is 0 Å². The molecule has 2 saturated heterocycles. The van der Waals surface area contributed by atoms with Gasteiger partial charge in [-0.2, -0.15) is 5.10 Å². The molecule has 3 heterocycles. The molecule has 6 heteroatoms. The number of nitrogens with zero attached hydrogens (tertiary/aromatic N) is 4. The highest BCUT2D eigenvalue weighted by Gasteiger charge is 2.38. The Morgan fingerprint density at radius 1 is 1.16 bits per heavy atom. The Bertz CT molecular complexity index is 755. The second kappa shape index (κ2) is 6.88. The van der Waals surface area contributed by atoms with Gasteiger partial charge in [0.15, 0.2) is 0 Å². The summed E-state index contributed by atoms with van der Waals surface area (Å²) < 4.78 is 1.90. The maximum absolute atomic E-state index is 11.0. The van der Waals surface area contributed by atoms with Gasteiger partial charge in [-0.1, -0.05) is 24.1 Å². The molecule has 5 nitrogen and oxygen atoms in total. The Kier molecular flexibility index (Phi) is 4.75. The molecular formula is C19H27ClN4O. The first-order chi connectivity index (χ1) is 12.0. The van der Waals surface area contributed by atoms with Gasteiger partial charge < -0.3 is 10.0 Å². The van der Waals surface area contributed by atoms with E-state index in [0.717, 1.165) is 60.8 Å². The summed E-state index contributed by atoms with van der Waals surface area (Å²) in [5.74, 6) is 0. The smallest absolute Gasteiger partial charge is 0.0912 e. The van der Waals surface area contributed by atoms with E-state index in [9.17, 15) is 5.11 Å². The van der Waals surface area contributed by atoms with Gasteiger partial charge in [-0.3, -0.25) is 9.58 Å². The van der Waals surface area contributed by atoms with Crippen molar-refractivity contribution in [2.45, 2.75) is 37.8 Å². The average molecular weight is 363 g/mol. The number of hydrogen-bond acceptors (Lipinski definition) is 4. The number of fused-ring (bicyclic) bond motifs is 1. The minimum Gasteiger partial charge on any atom is -0.387 e. The number of aromatic nitrogens is 2. The molecule has 1 N–H and O–H groups in total. The molecular weight excluding hydrogens is 336 g/mol. The van der Waals surface area contributed by atoms with Crippen molar-refractivity contribution in [2.75, 3.05) is 32.7 Å². The molecule has 0 aliphatic carbocycles. The molecule has 1 atom stereocenters. The van der Waals surface area contributed by atoms with E-state index in [4.69, 9.17) is 11.6 Å². The summed E-state index contributed by atoms with van der Waals surface area (Å²) in [6.07, 6.45) is 4.69. The average Bonchev–Trinajstić information content (AvgIpc) is 3.10. The van der Waals surface area contributed by atoms with E-state index < -0.39 is 5.60 Å². The van der Waals surface area contributed by atoms with Crippen molar-refractivity contribution in [3.8, 4) is 0 Å². The normalized spacial score (nSPS) is 25.9. The van der Waals surface area contributed by atoms with Gasteiger partial charge in [0.1, 0.15) is 0 Å². The van der Waals surface area contributed by atoms with Crippen LogP contribution in [0.25, 0.3) is 10.9 Å². The van der Waals surface area contributed by atoms with Crippen molar-refractivity contribution >= 4 is 22.5 Å². The van der Waals surface area contributed by atoms with Gasteiger partial charge in [0.25, 0.3) is 0 Å². The number of hydrogen-bond donors (Lipinski definition) is 1. The second-order valence-electron chi connectivity index (χ2n) is 7.73. The zero-order valence-electron chi connectivity index (χ0n) is 14.9. The molecule has 2 aliphatic heterocycles. The molecule has 0 unspecified atom stereocenters. The van der Waals surface area contributed by atoms with Crippen LogP contribution in [0, 0.1) is 0 Å². The Morgan fingerprint density at radius 2 is 1.96 bits per heavy atom. The van der Waals surface area contributed by atoms with Gasteiger partial charge in [0.05, 0.1) is 21.8 Å². The van der Waals surface area contributed by atoms with Crippen LogP contribution in [0.15, 0.2) is 18.2 Å². The van der Waals surface area contributed by atoms with Crippen LogP contribution in [0.2, 0.25) is 5.02 Å². The van der Waals surface area contributed by atoms with Crippen molar-refractivity contribution in [3.05, 3.63) is 28.9 Å². The fourth-order valence-corrected chi connectivity index (χ4v) is 4.69. The van der Waals surface area contributed by atoms with Crippen LogP contribution in [-0.4, -0.2) is 63.0 Å². The van der Waals surface area contributed by atoms with Crippen molar-refractivity contribution < 1.29 is 5.11 Å². The predicted molar refractivity (Wildman–Crippen MR) is 101 cm³/mol. The lowest BCUT2D eigenvalue weighted by Gasteiger charge is -2.33. The first-order valence-electron chi connectivity index (χ1n) is 9.31. The molecule has 1 aromatic heterocycles. The number of likely N-dealkylation sites (tertiary alicyclic amines) is 2. The molecule has 2 fully saturated rings. The zero-order chi connectivity index (χ0) is 17.4. The minimum atomic E-state index is -0.592. The molecule has 0 saturated carbocycles. The highest BCUT2D eigenvalue weighted by Crippen LogP contribution is 2.30. The van der Waals surface area contributed by atoms with Crippen LogP contribution in [0.1, 0.15) is 31.4 Å². The molecule has 2 aliphatic rings. The third-order valence-electron chi connectivity index (χ3n) is 5.65. The summed E-state index contributed by atoms with van der Waals surface area (Å²) >= 11 is 6.42. The molecule has 0 spiro atoms. The Balaban J connectivity index is 1.46. The Labute approximate surface area is 154 Å². The van der Waals surface area contributed by atoms with Crippen molar-refractivity contribution in [1.29, 1.82) is 0 Å². The number of piperidine rings is 1. The summed E-state index contributed by atoms with van der Waals surface area (Å²) in [6.45, 7) is 5.42. The van der Waals surface area contributed by atoms with E-state index in [1.54, 1.807) is 0 Å². The van der Waals surface area contributed by atoms with Crippen molar-refractivity contribution in [2.24, 2.45) is 7.05 Å². The van der Waals surface area contributed by atoms with Gasteiger partial charge in [0.2, 0.25) is 0 Å². The SMILES string of the molecule is Cn1nc(CN2CC[C@](O)(CN3CCCCC3)C2)c2c(Cl)cccc21. The maximum Gasteiger partial charge on any atom is 0.0912 e. The van der Waals surface area contributed by atoms with E-state index in [0.29, 0.717) is 6.54 Å². The lowest BCUT2D eigenvalue weighted by molar-refractivity contribution is 0.00629. The zero-order valence-corrected chi connectivity index (χ0v) is 15.7. The minimum absolute atomic E-state index is 0.592. The fraction of sp³-hybridized carbons (Fsp3) is 0.632. The van der Waals surface area contributed by atoms with Gasteiger partial charge in [-0.05, 0) is 44.5 Å². The number of aliphatic hydroxyl groups is 1. The molecule has 4 rings (SSSR count). The largest absolute Gasteiger partial charge is 0.387 e. The molecule has 0 bridgehead atoms. The van der Waals surface area contributed by atoms with Gasteiger partial charge in [0, 0.05) is 38.6 Å². The molecule has 1 aromatic carbocycles. The van der Waals surface area contributed by atoms with E-state index in [1.807, 2.05) is 29.9 Å². The second-order valence-corrected chi connectivity index (χ2v) is 8.13. The summed E-state index contributed by atoms with van der Waals surface area (Å²) in [4.78, 5) is 4.75. The topological polar surface area (TPSA) is 44.5 Å². The molecule has 0 radical (unpaired) electrons. The number of aryl methyl sites for hydroxylation is 1. The predicted octanol–water partition coefficient (Wildman–Crippen LogP) is 2.65. The summed E-state index contributed by atoms with van der Waals surface area (Å²) in [7, 11) is 1.96. The van der Waals surface area contributed by atoms with Crippen LogP contribution in [0.4, 0.5) is 0 Å². The standard InChI is InChI=1S/C19H27ClN4O/c1-22-17-7-5-6-15(20)18(17)16(21-22)12-24-11-8-19(25,14-24)13-23-9-3-2-4-10-23/h5-7,25H,2-4,8-14H2,1H3/t19-/m0/s1. The Hall–Kier alpha value is -1.14. The van der Waals surface area contributed by atoms with E-state index in [1.165, 1.54) is 19.3 Å². The fourth-order valence-electron chi connectivity index (χ4n) is 4.41. The number of β-amino-alcohol motifs (C(OH)–C–C–N with tert-alkyl or cyclic N) is 1. The molecule has 0 amide bonds. The lowest BCUT2D eigenvalue weighted by Crippen LogP contribution is -2.46. The van der Waals surface area contributed by atoms with E-state index in [2.05, 4.69) is 14.9 Å². The summed E-state index contributed by atoms with van der Waals surface area (Å²) in [6, 6.07) is 5.93. The third-order valence-corrected chi connectivity index (χ3v) is 5.97. The lowest BCUT2D eigenvalue weighted by atomic mass is 10.0. The quantitative estimate of drug-likeness (QED) is 0.908. The first kappa shape index (κ1) is 17.3. The van der Waals surface area contributed by atoms with Crippen LogP contribution < -0.4 is 0 Å². The maximum atomic E-state index is 11.0. The van der Waals surface area contributed by atoms with Crippen LogP contribution in [-0.2, 0) is 13.6 Å². The highest BCUT2D eigenvalue weighted by atomic mass is 35.5. The third kappa shape index (κ3) is 3.56. The van der Waals surface area contributed by atoms with Gasteiger partial charge >= 0.3 is 0 Å². The number of benzene rings is 1. The first-order valence-corrected chi connectivity index (χ1v) is 9.69. The molecule has 25 heavy (non-hydrogen) atoms. The van der Waals surface area contributed by atoms with Crippen LogP contribution >= 0.6 is 11.6 Å². The molecule has 2 aromatic rings. The van der Waals surface area contributed by atoms with E-state index >= 15 is 0 Å². The number of halogens is 1. The number of rotatable bonds is 4. The van der Waals surface area contributed by atoms with Gasteiger partial charge in [-0.25, -0.2) is 0 Å². The monoisotopic (exact) mass is 362 g/mol. The highest BCUT2D eigenvalue weighted by molar-refractivity contribution is 6.35. The van der Waals surface area contributed by atoms with Gasteiger partial charge in [-0.15, -0.1) is 0 Å². The Morgan fingerprint density at radius 3 is 2.76 bits per heavy atom. The summed E-state index contributed by atoms with van der Waals surface area (Å²) in [5, 5.41) is 17.5. The molecule has 136 valence electrons. The van der Waals surface area contributed by atoms with Crippen LogP contribution in [0.5, 0.6) is 0 Å². The van der Waals surface area contributed by atoms with Crippen molar-refractivity contribution in [1.82, 2.24) is 19.6 Å². The summed E-state index contributed by atoms with van der Waals surface area (Å²) in [5.41, 5.74) is 1.47. The van der Waals surface area contributed by atoms with E-state index in [-0.39, 0.29) is 0 Å².